The molecule has 0 aliphatic rings. The van der Waals surface area contributed by atoms with Crippen LogP contribution in [0.15, 0.2) is 24.3 Å². The van der Waals surface area contributed by atoms with Gasteiger partial charge >= 0.3 is 6.61 Å². The van der Waals surface area contributed by atoms with Gasteiger partial charge in [0.1, 0.15) is 5.75 Å². The number of hydrogen-bond donors (Lipinski definition) is 1. The molecule has 2 aromatic rings. The molecule has 1 aromatic heterocycles. The molecule has 0 fully saturated rings. The molecule has 94 valence electrons. The maximum Gasteiger partial charge on any atom is 0.387 e. The fraction of sp³-hybridized carbons (Fsp3) is 0.100. The summed E-state index contributed by atoms with van der Waals surface area (Å²) in [6, 6.07) is 5.77. The van der Waals surface area contributed by atoms with Gasteiger partial charge in [0.05, 0.1) is 0 Å². The molecule has 8 heteroatoms. The van der Waals surface area contributed by atoms with Gasteiger partial charge in [-0.25, -0.2) is 0 Å². The minimum absolute atomic E-state index is 0.0158. The van der Waals surface area contributed by atoms with Gasteiger partial charge in [0.2, 0.25) is 11.2 Å². The van der Waals surface area contributed by atoms with Crippen LogP contribution in [0.2, 0.25) is 5.28 Å². The second-order valence-corrected chi connectivity index (χ2v) is 3.53. The first kappa shape index (κ1) is 12.4. The number of ether oxygens (including phenoxy) is 1. The quantitative estimate of drug-likeness (QED) is 0.928. The highest BCUT2D eigenvalue weighted by Gasteiger charge is 2.07. The standard InChI is InChI=1S/C10H7ClF2N4O/c11-8-15-7(16-10(14)17-8)5-1-3-6(4-2-5)18-9(12)13/h1-4,9H,(H2,14,15,16,17). The minimum atomic E-state index is -2.86. The van der Waals surface area contributed by atoms with E-state index in [1.807, 2.05) is 0 Å². The van der Waals surface area contributed by atoms with Crippen molar-refractivity contribution >= 4 is 17.5 Å². The number of benzene rings is 1. The van der Waals surface area contributed by atoms with Crippen LogP contribution in [0.5, 0.6) is 5.75 Å². The summed E-state index contributed by atoms with van der Waals surface area (Å²) in [5, 5.41) is -0.0367. The maximum atomic E-state index is 12.0. The van der Waals surface area contributed by atoms with Crippen molar-refractivity contribution < 1.29 is 13.5 Å². The molecule has 1 aromatic carbocycles. The lowest BCUT2D eigenvalue weighted by molar-refractivity contribution is -0.0498. The lowest BCUT2D eigenvalue weighted by Gasteiger charge is -2.05. The molecular formula is C10H7ClF2N4O. The van der Waals surface area contributed by atoms with E-state index in [-0.39, 0.29) is 22.8 Å². The van der Waals surface area contributed by atoms with E-state index in [4.69, 9.17) is 17.3 Å². The number of anilines is 1. The molecule has 0 bridgehead atoms. The first-order valence-corrected chi connectivity index (χ1v) is 5.14. The Hall–Kier alpha value is -2.02. The summed E-state index contributed by atoms with van der Waals surface area (Å²) in [5.41, 5.74) is 5.98. The average Bonchev–Trinajstić information content (AvgIpc) is 2.27. The van der Waals surface area contributed by atoms with Crippen molar-refractivity contribution in [2.45, 2.75) is 6.61 Å². The van der Waals surface area contributed by atoms with Crippen molar-refractivity contribution in [1.82, 2.24) is 15.0 Å². The van der Waals surface area contributed by atoms with Crippen LogP contribution in [0.4, 0.5) is 14.7 Å². The smallest absolute Gasteiger partial charge is 0.387 e. The number of hydrogen-bond acceptors (Lipinski definition) is 5. The zero-order valence-electron chi connectivity index (χ0n) is 8.85. The number of rotatable bonds is 3. The first-order chi connectivity index (χ1) is 8.54. The van der Waals surface area contributed by atoms with Crippen LogP contribution < -0.4 is 10.5 Å². The van der Waals surface area contributed by atoms with Crippen molar-refractivity contribution in [2.24, 2.45) is 0 Å². The summed E-state index contributed by atoms with van der Waals surface area (Å²) in [7, 11) is 0. The molecule has 0 radical (unpaired) electrons. The molecule has 0 atom stereocenters. The van der Waals surface area contributed by atoms with Crippen molar-refractivity contribution in [3.05, 3.63) is 29.5 Å². The van der Waals surface area contributed by atoms with E-state index in [2.05, 4.69) is 19.7 Å². The van der Waals surface area contributed by atoms with E-state index in [1.54, 1.807) is 0 Å². The Morgan fingerprint density at radius 1 is 1.11 bits per heavy atom. The van der Waals surface area contributed by atoms with Gasteiger partial charge in [-0.15, -0.1) is 0 Å². The lowest BCUT2D eigenvalue weighted by Crippen LogP contribution is -2.02. The highest BCUT2D eigenvalue weighted by Crippen LogP contribution is 2.21. The van der Waals surface area contributed by atoms with Gasteiger partial charge in [-0.1, -0.05) is 0 Å². The summed E-state index contributed by atoms with van der Waals surface area (Å²) in [5.74, 6) is 0.288. The molecule has 2 rings (SSSR count). The Kier molecular flexibility index (Phi) is 3.52. The Morgan fingerprint density at radius 2 is 1.78 bits per heavy atom. The van der Waals surface area contributed by atoms with Crippen LogP contribution in [0.25, 0.3) is 11.4 Å². The van der Waals surface area contributed by atoms with E-state index in [1.165, 1.54) is 24.3 Å². The second-order valence-electron chi connectivity index (χ2n) is 3.19. The highest BCUT2D eigenvalue weighted by molar-refractivity contribution is 6.28. The van der Waals surface area contributed by atoms with Gasteiger partial charge in [0.15, 0.2) is 5.82 Å². The number of alkyl halides is 2. The van der Waals surface area contributed by atoms with Gasteiger partial charge in [-0.2, -0.15) is 23.7 Å². The summed E-state index contributed by atoms with van der Waals surface area (Å²) in [4.78, 5) is 11.4. The third kappa shape index (κ3) is 3.01. The number of nitrogens with two attached hydrogens (primary N) is 1. The second kappa shape index (κ2) is 5.09. The van der Waals surface area contributed by atoms with Gasteiger partial charge in [-0.05, 0) is 35.9 Å². The summed E-state index contributed by atoms with van der Waals surface area (Å²) >= 11 is 5.63. The van der Waals surface area contributed by atoms with Gasteiger partial charge in [0.25, 0.3) is 0 Å². The molecule has 18 heavy (non-hydrogen) atoms. The maximum absolute atomic E-state index is 12.0. The molecule has 1 heterocycles. The van der Waals surface area contributed by atoms with Gasteiger partial charge in [-0.3, -0.25) is 0 Å². The van der Waals surface area contributed by atoms with E-state index in [9.17, 15) is 8.78 Å². The fourth-order valence-electron chi connectivity index (χ4n) is 1.28. The third-order valence-electron chi connectivity index (χ3n) is 1.96. The zero-order valence-corrected chi connectivity index (χ0v) is 9.60. The summed E-state index contributed by atoms with van der Waals surface area (Å²) in [6.45, 7) is -2.86. The Labute approximate surface area is 106 Å². The fourth-order valence-corrected chi connectivity index (χ4v) is 1.45. The van der Waals surface area contributed by atoms with Gasteiger partial charge in [0, 0.05) is 5.56 Å². The number of halogens is 3. The van der Waals surface area contributed by atoms with Crippen molar-refractivity contribution in [2.75, 3.05) is 5.73 Å². The molecule has 0 spiro atoms. The summed E-state index contributed by atoms with van der Waals surface area (Å²) in [6.07, 6.45) is 0. The van der Waals surface area contributed by atoms with Crippen LogP contribution in [0, 0.1) is 0 Å². The van der Waals surface area contributed by atoms with E-state index >= 15 is 0 Å². The predicted octanol–water partition coefficient (Wildman–Crippen LogP) is 2.38. The van der Waals surface area contributed by atoms with Crippen molar-refractivity contribution in [3.63, 3.8) is 0 Å². The number of nitrogens with zero attached hydrogens (tertiary/aromatic N) is 3. The molecule has 0 unspecified atom stereocenters. The Bertz CT molecular complexity index is 530. The molecule has 0 saturated carbocycles. The first-order valence-electron chi connectivity index (χ1n) is 4.77. The molecule has 0 amide bonds. The van der Waals surface area contributed by atoms with Crippen molar-refractivity contribution in [1.29, 1.82) is 0 Å². The van der Waals surface area contributed by atoms with Crippen LogP contribution in [-0.2, 0) is 0 Å². The highest BCUT2D eigenvalue weighted by atomic mass is 35.5. The number of aromatic nitrogens is 3. The molecule has 2 N–H and O–H groups in total. The zero-order chi connectivity index (χ0) is 13.1. The summed E-state index contributed by atoms with van der Waals surface area (Å²) < 4.78 is 28.1. The van der Waals surface area contributed by atoms with Crippen LogP contribution in [0.1, 0.15) is 0 Å². The van der Waals surface area contributed by atoms with E-state index < -0.39 is 6.61 Å². The van der Waals surface area contributed by atoms with Crippen molar-refractivity contribution in [3.8, 4) is 17.1 Å². The Balaban J connectivity index is 2.28. The minimum Gasteiger partial charge on any atom is -0.435 e. The molecule has 0 saturated heterocycles. The largest absolute Gasteiger partial charge is 0.435 e. The van der Waals surface area contributed by atoms with Crippen LogP contribution >= 0.6 is 11.6 Å². The number of nitrogen functional groups attached to an aromatic ring is 1. The lowest BCUT2D eigenvalue weighted by atomic mass is 10.2. The van der Waals surface area contributed by atoms with E-state index in [0.717, 1.165) is 0 Å². The predicted molar refractivity (Wildman–Crippen MR) is 61.3 cm³/mol. The van der Waals surface area contributed by atoms with Crippen LogP contribution in [0.3, 0.4) is 0 Å². The average molecular weight is 273 g/mol. The van der Waals surface area contributed by atoms with Crippen LogP contribution in [-0.4, -0.2) is 21.6 Å². The monoisotopic (exact) mass is 272 g/mol. The topological polar surface area (TPSA) is 73.9 Å². The molecule has 0 aliphatic heterocycles. The molecule has 0 aliphatic carbocycles. The molecular weight excluding hydrogens is 266 g/mol. The van der Waals surface area contributed by atoms with Gasteiger partial charge < -0.3 is 10.5 Å². The van der Waals surface area contributed by atoms with E-state index in [0.29, 0.717) is 5.56 Å². The Morgan fingerprint density at radius 3 is 2.33 bits per heavy atom. The molecule has 5 nitrogen and oxygen atoms in total. The normalized spacial score (nSPS) is 10.7. The third-order valence-corrected chi connectivity index (χ3v) is 2.13. The SMILES string of the molecule is Nc1nc(Cl)nc(-c2ccc(OC(F)F)cc2)n1.